The fourth-order valence-electron chi connectivity index (χ4n) is 3.95. The Hall–Kier alpha value is -2.06. The van der Waals surface area contributed by atoms with E-state index in [0.29, 0.717) is 11.6 Å². The van der Waals surface area contributed by atoms with Crippen LogP contribution in [0.2, 0.25) is 0 Å². The summed E-state index contributed by atoms with van der Waals surface area (Å²) in [5.74, 6) is 0.406. The molecule has 30 heavy (non-hydrogen) atoms. The van der Waals surface area contributed by atoms with Crippen LogP contribution in [0.3, 0.4) is 0 Å². The normalized spacial score (nSPS) is 22.5. The molecular formula is C22H32N4O3S. The van der Waals surface area contributed by atoms with Gasteiger partial charge in [-0.05, 0) is 43.9 Å². The molecule has 4 unspecified atom stereocenters. The van der Waals surface area contributed by atoms with Crippen molar-refractivity contribution in [1.29, 1.82) is 0 Å². The number of nitrogens with zero attached hydrogens (tertiary/aromatic N) is 1. The summed E-state index contributed by atoms with van der Waals surface area (Å²) in [6.45, 7) is 5.56. The number of hydrogen-bond donors (Lipinski definition) is 3. The van der Waals surface area contributed by atoms with Crippen molar-refractivity contribution in [2.24, 2.45) is 5.92 Å². The summed E-state index contributed by atoms with van der Waals surface area (Å²) < 4.78 is 0. The average Bonchev–Trinajstić information content (AvgIpc) is 3.38. The highest BCUT2D eigenvalue weighted by Gasteiger charge is 2.40. The third-order valence-electron chi connectivity index (χ3n) is 5.97. The van der Waals surface area contributed by atoms with Gasteiger partial charge in [0.1, 0.15) is 12.1 Å². The van der Waals surface area contributed by atoms with Gasteiger partial charge >= 0.3 is 0 Å². The summed E-state index contributed by atoms with van der Waals surface area (Å²) in [7, 11) is 1.70. The van der Waals surface area contributed by atoms with Gasteiger partial charge in [-0.1, -0.05) is 38.1 Å². The number of fused-ring (bicyclic) bond motifs is 1. The number of hydrogen-bond acceptors (Lipinski definition) is 5. The fraction of sp³-hybridized carbons (Fsp3) is 0.591. The van der Waals surface area contributed by atoms with E-state index in [1.807, 2.05) is 26.0 Å². The van der Waals surface area contributed by atoms with Crippen molar-refractivity contribution in [3.05, 3.63) is 35.4 Å². The molecule has 1 fully saturated rings. The molecule has 0 saturated carbocycles. The number of amides is 3. The first-order valence-electron chi connectivity index (χ1n) is 10.6. The quantitative estimate of drug-likeness (QED) is 0.607. The maximum atomic E-state index is 13.3. The van der Waals surface area contributed by atoms with Crippen molar-refractivity contribution in [3.8, 4) is 0 Å². The Labute approximate surface area is 182 Å². The van der Waals surface area contributed by atoms with E-state index in [1.54, 1.807) is 30.6 Å². The van der Waals surface area contributed by atoms with Gasteiger partial charge in [0.05, 0.1) is 18.0 Å². The largest absolute Gasteiger partial charge is 0.347 e. The summed E-state index contributed by atoms with van der Waals surface area (Å²) in [4.78, 5) is 40.3. The zero-order valence-electron chi connectivity index (χ0n) is 18.1. The van der Waals surface area contributed by atoms with Crippen LogP contribution in [0.5, 0.6) is 0 Å². The van der Waals surface area contributed by atoms with Crippen molar-refractivity contribution >= 4 is 29.5 Å². The first-order chi connectivity index (χ1) is 14.3. The van der Waals surface area contributed by atoms with Crippen LogP contribution in [0.1, 0.15) is 44.4 Å². The lowest BCUT2D eigenvalue weighted by molar-refractivity contribution is -0.142. The molecule has 4 atom stereocenters. The number of rotatable bonds is 7. The molecule has 8 heteroatoms. The summed E-state index contributed by atoms with van der Waals surface area (Å²) in [6, 6.07) is 6.60. The zero-order valence-corrected chi connectivity index (χ0v) is 18.9. The molecule has 1 saturated heterocycles. The second kappa shape index (κ2) is 9.83. The van der Waals surface area contributed by atoms with E-state index in [0.717, 1.165) is 12.8 Å². The van der Waals surface area contributed by atoms with Crippen LogP contribution in [0, 0.1) is 5.92 Å². The molecule has 3 N–H and O–H groups in total. The molecule has 1 aromatic carbocycles. The second-order valence-electron chi connectivity index (χ2n) is 8.36. The maximum absolute atomic E-state index is 13.3. The zero-order chi connectivity index (χ0) is 21.8. The van der Waals surface area contributed by atoms with Gasteiger partial charge in [-0.3, -0.25) is 14.4 Å². The van der Waals surface area contributed by atoms with Gasteiger partial charge in [-0.15, -0.1) is 11.8 Å². The third-order valence-corrected chi connectivity index (χ3v) is 6.99. The van der Waals surface area contributed by atoms with E-state index in [9.17, 15) is 14.4 Å². The van der Waals surface area contributed by atoms with Crippen molar-refractivity contribution in [1.82, 2.24) is 20.9 Å². The van der Waals surface area contributed by atoms with Gasteiger partial charge in [0, 0.05) is 5.75 Å². The molecule has 1 aliphatic heterocycles. The monoisotopic (exact) mass is 432 g/mol. The highest BCUT2D eigenvalue weighted by Crippen LogP contribution is 2.31. The molecule has 0 aromatic heterocycles. The SMILES string of the molecule is CNC(C)C(=O)NC(C(=O)N1CSCC1C(=O)NC1CCc2ccccc21)C(C)C. The van der Waals surface area contributed by atoms with Crippen LogP contribution in [0.4, 0.5) is 0 Å². The third kappa shape index (κ3) is 4.81. The second-order valence-corrected chi connectivity index (χ2v) is 9.36. The summed E-state index contributed by atoms with van der Waals surface area (Å²) >= 11 is 1.57. The van der Waals surface area contributed by atoms with E-state index in [-0.39, 0.29) is 29.7 Å². The van der Waals surface area contributed by atoms with E-state index in [1.165, 1.54) is 11.1 Å². The van der Waals surface area contributed by atoms with Crippen LogP contribution < -0.4 is 16.0 Å². The van der Waals surface area contributed by atoms with Crippen LogP contribution in [-0.4, -0.2) is 59.4 Å². The Kier molecular flexibility index (Phi) is 7.41. The van der Waals surface area contributed by atoms with Crippen LogP contribution in [-0.2, 0) is 20.8 Å². The Morgan fingerprint density at radius 1 is 1.17 bits per heavy atom. The average molecular weight is 433 g/mol. The molecule has 0 bridgehead atoms. The molecule has 1 heterocycles. The minimum atomic E-state index is -0.658. The van der Waals surface area contributed by atoms with Crippen LogP contribution in [0.15, 0.2) is 24.3 Å². The van der Waals surface area contributed by atoms with Crippen molar-refractivity contribution in [3.63, 3.8) is 0 Å². The summed E-state index contributed by atoms with van der Waals surface area (Å²) in [5.41, 5.74) is 2.44. The topological polar surface area (TPSA) is 90.5 Å². The Bertz CT molecular complexity index is 800. The van der Waals surface area contributed by atoms with Gasteiger partial charge in [0.2, 0.25) is 17.7 Å². The highest BCUT2D eigenvalue weighted by molar-refractivity contribution is 7.99. The number of carbonyl (C=O) groups is 3. The molecule has 0 spiro atoms. The molecule has 3 rings (SSSR count). The predicted octanol–water partition coefficient (Wildman–Crippen LogP) is 1.44. The lowest BCUT2D eigenvalue weighted by Crippen LogP contribution is -2.57. The number of aryl methyl sites for hydroxylation is 1. The van der Waals surface area contributed by atoms with Crippen molar-refractivity contribution in [2.45, 2.75) is 57.8 Å². The van der Waals surface area contributed by atoms with E-state index in [2.05, 4.69) is 28.1 Å². The number of nitrogens with one attached hydrogen (secondary N) is 3. The van der Waals surface area contributed by atoms with E-state index in [4.69, 9.17) is 0 Å². The Balaban J connectivity index is 1.68. The van der Waals surface area contributed by atoms with Gasteiger partial charge in [-0.25, -0.2) is 0 Å². The van der Waals surface area contributed by atoms with Gasteiger partial charge < -0.3 is 20.9 Å². The smallest absolute Gasteiger partial charge is 0.246 e. The van der Waals surface area contributed by atoms with Gasteiger partial charge in [0.25, 0.3) is 0 Å². The Morgan fingerprint density at radius 2 is 1.90 bits per heavy atom. The Morgan fingerprint density at radius 3 is 2.60 bits per heavy atom. The summed E-state index contributed by atoms with van der Waals surface area (Å²) in [5, 5.41) is 8.90. The lowest BCUT2D eigenvalue weighted by atomic mass is 10.0. The number of benzene rings is 1. The molecule has 1 aliphatic carbocycles. The molecule has 1 aromatic rings. The highest BCUT2D eigenvalue weighted by atomic mass is 32.2. The molecule has 3 amide bonds. The molecule has 0 radical (unpaired) electrons. The number of thioether (sulfide) groups is 1. The minimum Gasteiger partial charge on any atom is -0.347 e. The van der Waals surface area contributed by atoms with Crippen molar-refractivity contribution in [2.75, 3.05) is 18.7 Å². The van der Waals surface area contributed by atoms with Gasteiger partial charge in [0.15, 0.2) is 0 Å². The lowest BCUT2D eigenvalue weighted by Gasteiger charge is -2.31. The van der Waals surface area contributed by atoms with Gasteiger partial charge in [-0.2, -0.15) is 0 Å². The van der Waals surface area contributed by atoms with Crippen molar-refractivity contribution < 1.29 is 14.4 Å². The standard InChI is InChI=1S/C22H32N4O3S/c1-13(2)19(25-20(27)14(3)23-4)22(29)26-12-30-11-18(26)21(28)24-17-10-9-15-7-5-6-8-16(15)17/h5-8,13-14,17-19,23H,9-12H2,1-4H3,(H,24,28)(H,25,27). The number of carbonyl (C=O) groups excluding carboxylic acids is 3. The predicted molar refractivity (Wildman–Crippen MR) is 119 cm³/mol. The first kappa shape index (κ1) is 22.6. The molecule has 2 aliphatic rings. The minimum absolute atomic E-state index is 0.00618. The van der Waals surface area contributed by atoms with E-state index < -0.39 is 18.1 Å². The number of likely N-dealkylation sites (N-methyl/N-ethyl adjacent to an activating group) is 1. The molecule has 7 nitrogen and oxygen atoms in total. The molecule has 164 valence electrons. The van der Waals surface area contributed by atoms with Crippen LogP contribution >= 0.6 is 11.8 Å². The molecular weight excluding hydrogens is 400 g/mol. The van der Waals surface area contributed by atoms with Crippen LogP contribution in [0.25, 0.3) is 0 Å². The fourth-order valence-corrected chi connectivity index (χ4v) is 5.12. The van der Waals surface area contributed by atoms with E-state index >= 15 is 0 Å². The first-order valence-corrected chi connectivity index (χ1v) is 11.7. The summed E-state index contributed by atoms with van der Waals surface area (Å²) in [6.07, 6.45) is 1.83. The maximum Gasteiger partial charge on any atom is 0.246 e.